The molecule has 0 heterocycles. The van der Waals surface area contributed by atoms with Crippen LogP contribution in [0.15, 0.2) is 24.3 Å². The number of nitrogens with zero attached hydrogens (tertiary/aromatic N) is 1. The van der Waals surface area contributed by atoms with Crippen LogP contribution in [0, 0.1) is 0 Å². The van der Waals surface area contributed by atoms with Crippen LogP contribution in [0.2, 0.25) is 0 Å². The zero-order valence-electron chi connectivity index (χ0n) is 13.8. The lowest BCUT2D eigenvalue weighted by Gasteiger charge is -2.22. The van der Waals surface area contributed by atoms with Gasteiger partial charge in [-0.05, 0) is 32.9 Å². The second-order valence-corrected chi connectivity index (χ2v) is 6.06. The second kappa shape index (κ2) is 7.68. The minimum atomic E-state index is -0.773. The number of hydrogen-bond acceptors (Lipinski definition) is 5. The molecule has 0 aromatic heterocycles. The van der Waals surface area contributed by atoms with E-state index in [4.69, 9.17) is 9.47 Å². The van der Waals surface area contributed by atoms with Crippen molar-refractivity contribution in [3.63, 3.8) is 0 Å². The number of nitrogens with one attached hydrogen (secondary N) is 1. The fraction of sp³-hybridized carbons (Fsp3) is 0.500. The molecule has 0 aliphatic carbocycles. The van der Waals surface area contributed by atoms with Crippen LogP contribution in [0.25, 0.3) is 0 Å². The lowest BCUT2D eigenvalue weighted by atomic mass is 10.2. The zero-order chi connectivity index (χ0) is 16.8. The molecule has 1 amide bonds. The first-order chi connectivity index (χ1) is 10.2. The summed E-state index contributed by atoms with van der Waals surface area (Å²) in [5.74, 6) is 0.644. The summed E-state index contributed by atoms with van der Waals surface area (Å²) in [6, 6.07) is 6.69. The number of aldehydes is 1. The maximum absolute atomic E-state index is 11.7. The van der Waals surface area contributed by atoms with Crippen LogP contribution in [0.5, 0.6) is 5.75 Å². The molecule has 6 heteroatoms. The lowest BCUT2D eigenvalue weighted by Crippen LogP contribution is -2.43. The van der Waals surface area contributed by atoms with Gasteiger partial charge in [0.1, 0.15) is 30.3 Å². The van der Waals surface area contributed by atoms with E-state index < -0.39 is 17.7 Å². The third-order valence-electron chi connectivity index (χ3n) is 2.63. The Balaban J connectivity index is 2.61. The van der Waals surface area contributed by atoms with Crippen LogP contribution in [0.3, 0.4) is 0 Å². The summed E-state index contributed by atoms with van der Waals surface area (Å²) in [5.41, 5.74) is 0.278. The van der Waals surface area contributed by atoms with Gasteiger partial charge in [-0.25, -0.2) is 4.79 Å². The van der Waals surface area contributed by atoms with Gasteiger partial charge in [-0.2, -0.15) is 0 Å². The van der Waals surface area contributed by atoms with Gasteiger partial charge in [-0.1, -0.05) is 12.1 Å². The highest BCUT2D eigenvalue weighted by atomic mass is 16.6. The Labute approximate surface area is 131 Å². The van der Waals surface area contributed by atoms with Crippen molar-refractivity contribution in [1.82, 2.24) is 5.32 Å². The predicted molar refractivity (Wildman–Crippen MR) is 85.5 cm³/mol. The summed E-state index contributed by atoms with van der Waals surface area (Å²) >= 11 is 0. The maximum Gasteiger partial charge on any atom is 0.408 e. The molecule has 0 bridgehead atoms. The molecule has 0 radical (unpaired) electrons. The van der Waals surface area contributed by atoms with Crippen LogP contribution >= 0.6 is 0 Å². The third-order valence-corrected chi connectivity index (χ3v) is 2.63. The first-order valence-corrected chi connectivity index (χ1v) is 7.07. The minimum absolute atomic E-state index is 0.0353. The van der Waals surface area contributed by atoms with Crippen molar-refractivity contribution in [1.29, 1.82) is 0 Å². The molecule has 1 N–H and O–H groups in total. The summed E-state index contributed by atoms with van der Waals surface area (Å²) < 4.78 is 10.8. The first-order valence-electron chi connectivity index (χ1n) is 7.07. The van der Waals surface area contributed by atoms with Crippen LogP contribution in [-0.2, 0) is 9.53 Å². The third kappa shape index (κ3) is 6.03. The van der Waals surface area contributed by atoms with Gasteiger partial charge in [0.25, 0.3) is 0 Å². The van der Waals surface area contributed by atoms with Crippen LogP contribution in [0.4, 0.5) is 10.5 Å². The summed E-state index contributed by atoms with van der Waals surface area (Å²) in [5, 5.41) is 2.47. The molecule has 0 aliphatic heterocycles. The number of benzene rings is 1. The number of carbonyl (C=O) groups is 2. The van der Waals surface area contributed by atoms with E-state index in [1.807, 2.05) is 43.3 Å². The quantitative estimate of drug-likeness (QED) is 0.816. The molecular formula is C16H24N2O4. The van der Waals surface area contributed by atoms with Crippen LogP contribution in [-0.4, -0.2) is 44.7 Å². The fourth-order valence-electron chi connectivity index (χ4n) is 1.70. The average Bonchev–Trinajstić information content (AvgIpc) is 2.41. The van der Waals surface area contributed by atoms with E-state index in [2.05, 4.69) is 5.32 Å². The van der Waals surface area contributed by atoms with Crippen LogP contribution in [0.1, 0.15) is 20.8 Å². The molecule has 1 rings (SSSR count). The zero-order valence-corrected chi connectivity index (χ0v) is 13.8. The highest BCUT2D eigenvalue weighted by Gasteiger charge is 2.20. The monoisotopic (exact) mass is 308 g/mol. The van der Waals surface area contributed by atoms with Crippen molar-refractivity contribution in [2.45, 2.75) is 32.4 Å². The number of hydrogen-bond donors (Lipinski definition) is 1. The molecule has 0 saturated heterocycles. The molecule has 122 valence electrons. The molecule has 0 unspecified atom stereocenters. The highest BCUT2D eigenvalue weighted by molar-refractivity contribution is 5.73. The first kappa shape index (κ1) is 17.8. The van der Waals surface area contributed by atoms with Gasteiger partial charge in [-0.3, -0.25) is 0 Å². The predicted octanol–water partition coefficient (Wildman–Crippen LogP) is 2.22. The second-order valence-electron chi connectivity index (χ2n) is 6.06. The fourth-order valence-corrected chi connectivity index (χ4v) is 1.70. The van der Waals surface area contributed by atoms with Crippen LogP contribution < -0.4 is 15.0 Å². The minimum Gasteiger partial charge on any atom is -0.489 e. The number of para-hydroxylation sites is 2. The molecule has 0 spiro atoms. The van der Waals surface area contributed by atoms with Gasteiger partial charge in [0.15, 0.2) is 0 Å². The Hall–Kier alpha value is -2.24. The molecule has 1 aromatic carbocycles. The summed E-state index contributed by atoms with van der Waals surface area (Å²) in [4.78, 5) is 24.7. The van der Waals surface area contributed by atoms with Gasteiger partial charge < -0.3 is 24.5 Å². The number of anilines is 1. The summed E-state index contributed by atoms with van der Waals surface area (Å²) in [7, 11) is 3.80. The Morgan fingerprint density at radius 1 is 1.32 bits per heavy atom. The lowest BCUT2D eigenvalue weighted by molar-refractivity contribution is -0.110. The highest BCUT2D eigenvalue weighted by Crippen LogP contribution is 2.25. The Bertz CT molecular complexity index is 509. The van der Waals surface area contributed by atoms with E-state index in [9.17, 15) is 9.59 Å². The number of ether oxygens (including phenoxy) is 2. The topological polar surface area (TPSA) is 67.9 Å². The number of alkyl carbamates (subject to hydrolysis) is 1. The maximum atomic E-state index is 11.7. The van der Waals surface area contributed by atoms with Crippen molar-refractivity contribution in [2.24, 2.45) is 0 Å². The molecule has 0 aliphatic rings. The van der Waals surface area contributed by atoms with E-state index in [1.54, 1.807) is 20.8 Å². The van der Waals surface area contributed by atoms with Crippen molar-refractivity contribution in [3.8, 4) is 5.75 Å². The Morgan fingerprint density at radius 2 is 1.95 bits per heavy atom. The molecule has 1 aromatic rings. The smallest absolute Gasteiger partial charge is 0.408 e. The number of carbonyl (C=O) groups excluding carboxylic acids is 2. The Morgan fingerprint density at radius 3 is 2.50 bits per heavy atom. The van der Waals surface area contributed by atoms with Gasteiger partial charge in [-0.15, -0.1) is 0 Å². The van der Waals surface area contributed by atoms with Gasteiger partial charge in [0.05, 0.1) is 5.69 Å². The van der Waals surface area contributed by atoms with Crippen molar-refractivity contribution >= 4 is 18.1 Å². The molecule has 1 atom stereocenters. The molecule has 6 nitrogen and oxygen atoms in total. The van der Waals surface area contributed by atoms with Crippen molar-refractivity contribution in [2.75, 3.05) is 25.6 Å². The van der Waals surface area contributed by atoms with E-state index >= 15 is 0 Å². The van der Waals surface area contributed by atoms with E-state index in [1.165, 1.54) is 0 Å². The number of rotatable bonds is 6. The van der Waals surface area contributed by atoms with E-state index in [0.29, 0.717) is 12.0 Å². The van der Waals surface area contributed by atoms with E-state index in [0.717, 1.165) is 5.69 Å². The van der Waals surface area contributed by atoms with Crippen molar-refractivity contribution < 1.29 is 19.1 Å². The summed E-state index contributed by atoms with van der Waals surface area (Å²) in [6.45, 7) is 5.30. The van der Waals surface area contributed by atoms with E-state index in [-0.39, 0.29) is 6.61 Å². The molecule has 0 saturated carbocycles. The molecular weight excluding hydrogens is 284 g/mol. The van der Waals surface area contributed by atoms with Gasteiger partial charge in [0.2, 0.25) is 0 Å². The summed E-state index contributed by atoms with van der Waals surface area (Å²) in [6.07, 6.45) is -0.0172. The van der Waals surface area contributed by atoms with Gasteiger partial charge >= 0.3 is 6.09 Å². The number of amides is 1. The standard InChI is InChI=1S/C16H24N2O4/c1-16(2,3)22-15(20)17-12(10-19)11-21-14-9-7-6-8-13(14)18(4)5/h6-10,12H,11H2,1-5H3,(H,17,20)/t12-/m1/s1. The largest absolute Gasteiger partial charge is 0.489 e. The normalized spacial score (nSPS) is 12.2. The Kier molecular flexibility index (Phi) is 6.22. The SMILES string of the molecule is CN(C)c1ccccc1OC[C@@H](C=O)NC(=O)OC(C)(C)C. The molecule has 0 fully saturated rings. The van der Waals surface area contributed by atoms with Gasteiger partial charge in [0, 0.05) is 14.1 Å². The van der Waals surface area contributed by atoms with Crippen molar-refractivity contribution in [3.05, 3.63) is 24.3 Å². The average molecular weight is 308 g/mol. The molecule has 22 heavy (non-hydrogen) atoms.